The Hall–Kier alpha value is -0.750. The maximum Gasteiger partial charge on any atom is 0.321 e. The predicted molar refractivity (Wildman–Crippen MR) is 83.3 cm³/mol. The summed E-state index contributed by atoms with van der Waals surface area (Å²) < 4.78 is 5.78. The quantitative estimate of drug-likeness (QED) is 0.795. The Kier molecular flexibility index (Phi) is 4.40. The average molecular weight is 392 g/mol. The molecule has 19 heavy (non-hydrogen) atoms. The lowest BCUT2D eigenvalue weighted by Gasteiger charge is -2.13. The van der Waals surface area contributed by atoms with Gasteiger partial charge in [-0.3, -0.25) is 0 Å². The van der Waals surface area contributed by atoms with Crippen LogP contribution in [-0.2, 0) is 0 Å². The van der Waals surface area contributed by atoms with Gasteiger partial charge in [-0.15, -0.1) is 0 Å². The van der Waals surface area contributed by atoms with Gasteiger partial charge in [-0.1, -0.05) is 37.9 Å². The van der Waals surface area contributed by atoms with E-state index in [9.17, 15) is 4.79 Å². The number of anilines is 1. The maximum absolute atomic E-state index is 11.5. The van der Waals surface area contributed by atoms with E-state index in [1.54, 1.807) is 14.1 Å². The summed E-state index contributed by atoms with van der Waals surface area (Å²) in [7, 11) is 3.41. The first kappa shape index (κ1) is 14.7. The number of hydrogen-bond donors (Lipinski definition) is 1. The zero-order valence-corrected chi connectivity index (χ0v) is 14.0. The van der Waals surface area contributed by atoms with Crippen LogP contribution in [0.1, 0.15) is 6.42 Å². The number of rotatable bonds is 4. The molecule has 2 rings (SSSR count). The molecule has 0 saturated heterocycles. The molecule has 6 heteroatoms. The molecule has 1 saturated carbocycles. The third kappa shape index (κ3) is 4.11. The normalized spacial score (nSPS) is 19.7. The minimum absolute atomic E-state index is 0.0523. The second kappa shape index (κ2) is 5.71. The number of urea groups is 1. The second-order valence-electron chi connectivity index (χ2n) is 4.83. The molecule has 0 aliphatic heterocycles. The van der Waals surface area contributed by atoms with Gasteiger partial charge in [0.2, 0.25) is 0 Å². The standard InChI is InChI=1S/C13H16Br2N2O2/c1-17(2)12(18)16-10-4-3-5-11(6-10)19-8-9-7-13(9,14)15/h3-6,9H,7-8H2,1-2H3,(H,16,18). The van der Waals surface area contributed by atoms with Gasteiger partial charge in [0.15, 0.2) is 0 Å². The number of amides is 2. The highest BCUT2D eigenvalue weighted by Gasteiger charge is 2.50. The highest BCUT2D eigenvalue weighted by atomic mass is 79.9. The van der Waals surface area contributed by atoms with Gasteiger partial charge in [0.05, 0.1) is 9.84 Å². The van der Waals surface area contributed by atoms with Crippen LogP contribution >= 0.6 is 31.9 Å². The van der Waals surface area contributed by atoms with Crippen molar-refractivity contribution in [2.75, 3.05) is 26.0 Å². The Labute approximate surface area is 129 Å². The van der Waals surface area contributed by atoms with Gasteiger partial charge in [-0.05, 0) is 18.6 Å². The number of carbonyl (C=O) groups excluding carboxylic acids is 1. The summed E-state index contributed by atoms with van der Waals surface area (Å²) in [6, 6.07) is 7.26. The van der Waals surface area contributed by atoms with E-state index in [1.807, 2.05) is 24.3 Å². The van der Waals surface area contributed by atoms with E-state index in [0.29, 0.717) is 12.5 Å². The molecular formula is C13H16Br2N2O2. The first-order chi connectivity index (χ1) is 8.88. The first-order valence-electron chi connectivity index (χ1n) is 5.97. The highest BCUT2D eigenvalue weighted by molar-refractivity contribution is 9.25. The summed E-state index contributed by atoms with van der Waals surface area (Å²) in [6.45, 7) is 0.654. The zero-order chi connectivity index (χ0) is 14.0. The fraction of sp³-hybridized carbons (Fsp3) is 0.462. The molecule has 0 radical (unpaired) electrons. The molecule has 1 atom stereocenters. The summed E-state index contributed by atoms with van der Waals surface area (Å²) in [6.07, 6.45) is 1.06. The van der Waals surface area contributed by atoms with E-state index in [1.165, 1.54) is 4.90 Å². The van der Waals surface area contributed by atoms with Crippen molar-refractivity contribution in [1.29, 1.82) is 0 Å². The molecule has 1 N–H and O–H groups in total. The predicted octanol–water partition coefficient (Wildman–Crippen LogP) is 3.66. The lowest BCUT2D eigenvalue weighted by atomic mass is 10.3. The molecule has 1 aromatic rings. The smallest absolute Gasteiger partial charge is 0.321 e. The number of hydrogen-bond acceptors (Lipinski definition) is 2. The lowest BCUT2D eigenvalue weighted by molar-refractivity contribution is 0.230. The van der Waals surface area contributed by atoms with Crippen LogP contribution in [0.25, 0.3) is 0 Å². The largest absolute Gasteiger partial charge is 0.493 e. The Morgan fingerprint density at radius 3 is 2.79 bits per heavy atom. The molecule has 0 aromatic heterocycles. The summed E-state index contributed by atoms with van der Waals surface area (Å²) in [4.78, 5) is 13.0. The van der Waals surface area contributed by atoms with Crippen molar-refractivity contribution >= 4 is 43.6 Å². The van der Waals surface area contributed by atoms with E-state index >= 15 is 0 Å². The molecule has 0 spiro atoms. The summed E-state index contributed by atoms with van der Waals surface area (Å²) >= 11 is 7.13. The summed E-state index contributed by atoms with van der Waals surface area (Å²) in [5.74, 6) is 1.24. The van der Waals surface area contributed by atoms with Crippen molar-refractivity contribution in [1.82, 2.24) is 4.90 Å². The van der Waals surface area contributed by atoms with Crippen LogP contribution in [0, 0.1) is 5.92 Å². The Morgan fingerprint density at radius 2 is 2.21 bits per heavy atom. The first-order valence-corrected chi connectivity index (χ1v) is 7.56. The van der Waals surface area contributed by atoms with Crippen molar-refractivity contribution < 1.29 is 9.53 Å². The number of benzene rings is 1. The number of alkyl halides is 2. The summed E-state index contributed by atoms with van der Waals surface area (Å²) in [5.41, 5.74) is 0.732. The maximum atomic E-state index is 11.5. The number of halogens is 2. The Bertz CT molecular complexity index is 477. The SMILES string of the molecule is CN(C)C(=O)Nc1cccc(OCC2CC2(Br)Br)c1. The van der Waals surface area contributed by atoms with Crippen LogP contribution in [0.5, 0.6) is 5.75 Å². The molecule has 1 unspecified atom stereocenters. The third-order valence-corrected chi connectivity index (χ3v) is 4.84. The van der Waals surface area contributed by atoms with E-state index in [0.717, 1.165) is 17.9 Å². The van der Waals surface area contributed by atoms with Crippen LogP contribution < -0.4 is 10.1 Å². The van der Waals surface area contributed by atoms with Crippen LogP contribution in [-0.4, -0.2) is 34.9 Å². The highest BCUT2D eigenvalue weighted by Crippen LogP contribution is 2.56. The monoisotopic (exact) mass is 390 g/mol. The minimum atomic E-state index is -0.153. The van der Waals surface area contributed by atoms with E-state index in [2.05, 4.69) is 37.2 Å². The minimum Gasteiger partial charge on any atom is -0.493 e. The van der Waals surface area contributed by atoms with Crippen LogP contribution in [0.4, 0.5) is 10.5 Å². The molecule has 1 aromatic carbocycles. The molecule has 2 amide bonds. The Balaban J connectivity index is 1.90. The average Bonchev–Trinajstić information content (AvgIpc) is 2.95. The van der Waals surface area contributed by atoms with Gasteiger partial charge in [0.1, 0.15) is 5.75 Å². The van der Waals surface area contributed by atoms with Gasteiger partial charge in [0.25, 0.3) is 0 Å². The fourth-order valence-electron chi connectivity index (χ4n) is 1.55. The topological polar surface area (TPSA) is 41.6 Å². The van der Waals surface area contributed by atoms with Gasteiger partial charge in [-0.2, -0.15) is 0 Å². The lowest BCUT2D eigenvalue weighted by Crippen LogP contribution is -2.27. The van der Waals surface area contributed by atoms with Crippen LogP contribution in [0.3, 0.4) is 0 Å². The van der Waals surface area contributed by atoms with Gasteiger partial charge >= 0.3 is 6.03 Å². The zero-order valence-electron chi connectivity index (χ0n) is 10.8. The molecule has 1 aliphatic carbocycles. The molecule has 0 heterocycles. The van der Waals surface area contributed by atoms with Gasteiger partial charge < -0.3 is 15.0 Å². The number of ether oxygens (including phenoxy) is 1. The Morgan fingerprint density at radius 1 is 1.53 bits per heavy atom. The molecule has 0 bridgehead atoms. The third-order valence-electron chi connectivity index (χ3n) is 2.90. The van der Waals surface area contributed by atoms with Crippen LogP contribution in [0.2, 0.25) is 0 Å². The van der Waals surface area contributed by atoms with Crippen molar-refractivity contribution in [3.63, 3.8) is 0 Å². The van der Waals surface area contributed by atoms with Gasteiger partial charge in [-0.25, -0.2) is 4.79 Å². The number of nitrogens with one attached hydrogen (secondary N) is 1. The van der Waals surface area contributed by atoms with Crippen molar-refractivity contribution in [3.8, 4) is 5.75 Å². The van der Waals surface area contributed by atoms with Crippen LogP contribution in [0.15, 0.2) is 24.3 Å². The molecule has 104 valence electrons. The fourth-order valence-corrected chi connectivity index (χ4v) is 2.59. The van der Waals surface area contributed by atoms with E-state index < -0.39 is 0 Å². The number of carbonyl (C=O) groups is 1. The molecular weight excluding hydrogens is 376 g/mol. The van der Waals surface area contributed by atoms with Crippen molar-refractivity contribution in [2.24, 2.45) is 5.92 Å². The van der Waals surface area contributed by atoms with Crippen molar-refractivity contribution in [2.45, 2.75) is 9.65 Å². The molecule has 4 nitrogen and oxygen atoms in total. The van der Waals surface area contributed by atoms with Gasteiger partial charge in [0, 0.05) is 31.8 Å². The second-order valence-corrected chi connectivity index (χ2v) is 8.72. The molecule has 1 aliphatic rings. The van der Waals surface area contributed by atoms with E-state index in [-0.39, 0.29) is 9.26 Å². The number of nitrogens with zero attached hydrogens (tertiary/aromatic N) is 1. The van der Waals surface area contributed by atoms with E-state index in [4.69, 9.17) is 4.74 Å². The summed E-state index contributed by atoms with van der Waals surface area (Å²) in [5, 5.41) is 2.79. The molecule has 1 fully saturated rings. The van der Waals surface area contributed by atoms with Crippen molar-refractivity contribution in [3.05, 3.63) is 24.3 Å².